The van der Waals surface area contributed by atoms with Gasteiger partial charge in [-0.3, -0.25) is 4.79 Å². The standard InChI is InChI=1S/C17H20N4O2/c1-2-6-14-12(8-10-23-14)16(22)13(11-18)17-20-19-15-7-4-3-5-9-21(15)17/h8,10,13H,2-7,9H2,1H3/t13-/m0/s1. The summed E-state index contributed by atoms with van der Waals surface area (Å²) in [7, 11) is 0. The molecule has 0 aromatic carbocycles. The molecule has 6 heteroatoms. The first-order valence-electron chi connectivity index (χ1n) is 8.18. The number of carbonyl (C=O) groups is 1. The van der Waals surface area contributed by atoms with Crippen molar-refractivity contribution in [1.82, 2.24) is 14.8 Å². The fourth-order valence-electron chi connectivity index (χ4n) is 3.09. The van der Waals surface area contributed by atoms with Crippen molar-refractivity contribution < 1.29 is 9.21 Å². The molecule has 3 heterocycles. The van der Waals surface area contributed by atoms with E-state index in [0.717, 1.165) is 44.5 Å². The Bertz CT molecular complexity index is 738. The van der Waals surface area contributed by atoms with Gasteiger partial charge in [-0.2, -0.15) is 5.26 Å². The number of aromatic nitrogens is 3. The Labute approximate surface area is 135 Å². The number of nitrogens with zero attached hydrogens (tertiary/aromatic N) is 4. The van der Waals surface area contributed by atoms with Gasteiger partial charge in [-0.1, -0.05) is 13.3 Å². The molecule has 3 rings (SSSR count). The van der Waals surface area contributed by atoms with Crippen LogP contribution < -0.4 is 0 Å². The highest BCUT2D eigenvalue weighted by Crippen LogP contribution is 2.25. The number of hydrogen-bond donors (Lipinski definition) is 0. The first-order valence-corrected chi connectivity index (χ1v) is 8.18. The summed E-state index contributed by atoms with van der Waals surface area (Å²) in [5.74, 6) is 0.824. The zero-order valence-electron chi connectivity index (χ0n) is 13.3. The van der Waals surface area contributed by atoms with Crippen LogP contribution in [0.25, 0.3) is 0 Å². The summed E-state index contributed by atoms with van der Waals surface area (Å²) >= 11 is 0. The van der Waals surface area contributed by atoms with Gasteiger partial charge in [0.25, 0.3) is 0 Å². The first-order chi connectivity index (χ1) is 11.3. The van der Waals surface area contributed by atoms with E-state index in [1.165, 1.54) is 6.26 Å². The van der Waals surface area contributed by atoms with Crippen LogP contribution in [0.15, 0.2) is 16.7 Å². The van der Waals surface area contributed by atoms with Gasteiger partial charge in [0.2, 0.25) is 0 Å². The zero-order chi connectivity index (χ0) is 16.2. The Morgan fingerprint density at radius 1 is 1.43 bits per heavy atom. The molecule has 6 nitrogen and oxygen atoms in total. The lowest BCUT2D eigenvalue weighted by molar-refractivity contribution is 0.0972. The third-order valence-electron chi connectivity index (χ3n) is 4.28. The van der Waals surface area contributed by atoms with Crippen molar-refractivity contribution in [3.63, 3.8) is 0 Å². The summed E-state index contributed by atoms with van der Waals surface area (Å²) < 4.78 is 7.35. The van der Waals surface area contributed by atoms with Crippen molar-refractivity contribution in [2.75, 3.05) is 0 Å². The van der Waals surface area contributed by atoms with Crippen LogP contribution in [0.3, 0.4) is 0 Å². The molecule has 0 saturated carbocycles. The molecule has 0 radical (unpaired) electrons. The van der Waals surface area contributed by atoms with Crippen LogP contribution in [0.1, 0.15) is 66.3 Å². The maximum absolute atomic E-state index is 12.8. The lowest BCUT2D eigenvalue weighted by Gasteiger charge is -2.11. The molecule has 0 fully saturated rings. The van der Waals surface area contributed by atoms with Crippen molar-refractivity contribution in [2.24, 2.45) is 0 Å². The maximum Gasteiger partial charge on any atom is 0.191 e. The second kappa shape index (κ2) is 6.78. The smallest absolute Gasteiger partial charge is 0.191 e. The van der Waals surface area contributed by atoms with Gasteiger partial charge in [-0.15, -0.1) is 10.2 Å². The fourth-order valence-corrected chi connectivity index (χ4v) is 3.09. The first kappa shape index (κ1) is 15.5. The van der Waals surface area contributed by atoms with E-state index in [-0.39, 0.29) is 5.78 Å². The fraction of sp³-hybridized carbons (Fsp3) is 0.529. The summed E-state index contributed by atoms with van der Waals surface area (Å²) in [4.78, 5) is 12.8. The molecule has 1 aliphatic heterocycles. The molecule has 0 amide bonds. The normalized spacial score (nSPS) is 15.5. The van der Waals surface area contributed by atoms with Crippen LogP contribution >= 0.6 is 0 Å². The molecule has 0 bridgehead atoms. The van der Waals surface area contributed by atoms with E-state index in [2.05, 4.69) is 16.3 Å². The topological polar surface area (TPSA) is 84.7 Å². The number of rotatable bonds is 5. The monoisotopic (exact) mass is 312 g/mol. The Morgan fingerprint density at radius 2 is 2.30 bits per heavy atom. The van der Waals surface area contributed by atoms with Gasteiger partial charge in [0.05, 0.1) is 17.9 Å². The highest BCUT2D eigenvalue weighted by molar-refractivity contribution is 6.03. The Kier molecular flexibility index (Phi) is 4.56. The van der Waals surface area contributed by atoms with Crippen molar-refractivity contribution in [3.05, 3.63) is 35.3 Å². The van der Waals surface area contributed by atoms with Gasteiger partial charge in [0.15, 0.2) is 17.5 Å². The molecule has 0 saturated heterocycles. The number of Topliss-reactive ketones (excluding diaryl/α,β-unsaturated/α-hetero) is 1. The van der Waals surface area contributed by atoms with Crippen LogP contribution in [0.5, 0.6) is 0 Å². The Hall–Kier alpha value is -2.42. The predicted octanol–water partition coefficient (Wildman–Crippen LogP) is 3.04. The minimum absolute atomic E-state index is 0.246. The molecule has 0 aliphatic carbocycles. The van der Waals surface area contributed by atoms with Gasteiger partial charge in [-0.25, -0.2) is 0 Å². The van der Waals surface area contributed by atoms with Gasteiger partial charge < -0.3 is 8.98 Å². The third-order valence-corrected chi connectivity index (χ3v) is 4.28. The van der Waals surface area contributed by atoms with Crippen LogP contribution in [0.4, 0.5) is 0 Å². The lowest BCUT2D eigenvalue weighted by atomic mass is 9.97. The average molecular weight is 312 g/mol. The summed E-state index contributed by atoms with van der Waals surface area (Å²) in [5, 5.41) is 17.9. The minimum Gasteiger partial charge on any atom is -0.469 e. The van der Waals surface area contributed by atoms with E-state index in [1.54, 1.807) is 6.07 Å². The van der Waals surface area contributed by atoms with E-state index in [1.807, 2.05) is 11.5 Å². The Morgan fingerprint density at radius 3 is 3.09 bits per heavy atom. The summed E-state index contributed by atoms with van der Waals surface area (Å²) in [6, 6.07) is 3.77. The summed E-state index contributed by atoms with van der Waals surface area (Å²) in [5.41, 5.74) is 0.490. The highest BCUT2D eigenvalue weighted by atomic mass is 16.3. The van der Waals surface area contributed by atoms with E-state index in [4.69, 9.17) is 4.42 Å². The van der Waals surface area contributed by atoms with Crippen molar-refractivity contribution in [2.45, 2.75) is 57.9 Å². The van der Waals surface area contributed by atoms with Crippen LogP contribution in [0.2, 0.25) is 0 Å². The van der Waals surface area contributed by atoms with Crippen LogP contribution in [0, 0.1) is 11.3 Å². The quantitative estimate of drug-likeness (QED) is 0.792. The molecule has 23 heavy (non-hydrogen) atoms. The molecule has 2 aromatic heterocycles. The summed E-state index contributed by atoms with van der Waals surface area (Å²) in [6.07, 6.45) is 7.16. The van der Waals surface area contributed by atoms with Gasteiger partial charge in [-0.05, 0) is 25.3 Å². The third kappa shape index (κ3) is 2.91. The largest absolute Gasteiger partial charge is 0.469 e. The second-order valence-electron chi connectivity index (χ2n) is 5.87. The molecule has 0 unspecified atom stereocenters. The molecule has 1 aliphatic rings. The van der Waals surface area contributed by atoms with E-state index in [0.29, 0.717) is 23.6 Å². The molecule has 2 aromatic rings. The van der Waals surface area contributed by atoms with E-state index >= 15 is 0 Å². The maximum atomic E-state index is 12.8. The Balaban J connectivity index is 1.94. The van der Waals surface area contributed by atoms with Gasteiger partial charge in [0, 0.05) is 19.4 Å². The number of hydrogen-bond acceptors (Lipinski definition) is 5. The number of fused-ring (bicyclic) bond motifs is 1. The SMILES string of the molecule is CCCc1occc1C(=O)[C@H](C#N)c1nnc2n1CCCCC2. The number of furan rings is 1. The molecule has 0 N–H and O–H groups in total. The van der Waals surface area contributed by atoms with Crippen molar-refractivity contribution in [3.8, 4) is 6.07 Å². The summed E-state index contributed by atoms with van der Waals surface area (Å²) in [6.45, 7) is 2.80. The number of carbonyl (C=O) groups excluding carboxylic acids is 1. The molecular formula is C17H20N4O2. The highest BCUT2D eigenvalue weighted by Gasteiger charge is 2.31. The molecular weight excluding hydrogens is 292 g/mol. The zero-order valence-corrected chi connectivity index (χ0v) is 13.3. The number of nitriles is 1. The average Bonchev–Trinajstić information content (AvgIpc) is 3.10. The van der Waals surface area contributed by atoms with Crippen LogP contribution in [-0.2, 0) is 19.4 Å². The molecule has 120 valence electrons. The number of ketones is 1. The number of aryl methyl sites for hydroxylation is 2. The molecule has 1 atom stereocenters. The van der Waals surface area contributed by atoms with Crippen molar-refractivity contribution in [1.29, 1.82) is 5.26 Å². The van der Waals surface area contributed by atoms with E-state index in [9.17, 15) is 10.1 Å². The predicted molar refractivity (Wildman–Crippen MR) is 83.0 cm³/mol. The second-order valence-corrected chi connectivity index (χ2v) is 5.87. The van der Waals surface area contributed by atoms with Crippen LogP contribution in [-0.4, -0.2) is 20.5 Å². The van der Waals surface area contributed by atoms with Gasteiger partial charge in [0.1, 0.15) is 11.6 Å². The minimum atomic E-state index is -0.928. The molecule has 0 spiro atoms. The van der Waals surface area contributed by atoms with E-state index < -0.39 is 5.92 Å². The van der Waals surface area contributed by atoms with Gasteiger partial charge >= 0.3 is 0 Å². The lowest BCUT2D eigenvalue weighted by Crippen LogP contribution is -2.18. The van der Waals surface area contributed by atoms with Crippen molar-refractivity contribution >= 4 is 5.78 Å².